The number of nitrogens with one attached hydrogen (secondary N) is 2. The van der Waals surface area contributed by atoms with Gasteiger partial charge in [-0.25, -0.2) is 8.42 Å². The molecular weight excluding hydrogens is 354 g/mol. The molecule has 4 rings (SSSR count). The summed E-state index contributed by atoms with van der Waals surface area (Å²) in [6.45, 7) is 0.300. The first-order valence-corrected chi connectivity index (χ1v) is 9.71. The summed E-state index contributed by atoms with van der Waals surface area (Å²) >= 11 is 0. The zero-order valence-electron chi connectivity index (χ0n) is 13.8. The van der Waals surface area contributed by atoms with Crippen molar-refractivity contribution in [3.8, 4) is 0 Å². The van der Waals surface area contributed by atoms with E-state index in [0.29, 0.717) is 12.1 Å². The van der Waals surface area contributed by atoms with Crippen LogP contribution in [-0.4, -0.2) is 28.7 Å². The lowest BCUT2D eigenvalue weighted by Crippen LogP contribution is -2.33. The van der Waals surface area contributed by atoms with Gasteiger partial charge in [0.05, 0.1) is 15.9 Å². The maximum absolute atomic E-state index is 13.2. The molecule has 1 fully saturated rings. The van der Waals surface area contributed by atoms with E-state index < -0.39 is 21.1 Å². The van der Waals surface area contributed by atoms with E-state index in [4.69, 9.17) is 0 Å². The summed E-state index contributed by atoms with van der Waals surface area (Å²) in [5.74, 6) is 0. The molecule has 7 nitrogen and oxygen atoms in total. The van der Waals surface area contributed by atoms with E-state index in [0.717, 1.165) is 18.4 Å². The Labute approximate surface area is 149 Å². The fourth-order valence-corrected chi connectivity index (χ4v) is 4.63. The highest BCUT2D eigenvalue weighted by atomic mass is 32.2. The molecule has 0 spiro atoms. The van der Waals surface area contributed by atoms with Crippen LogP contribution in [0.2, 0.25) is 0 Å². The molecule has 1 aliphatic rings. The molecule has 0 amide bonds. The van der Waals surface area contributed by atoms with Crippen LogP contribution in [0.4, 0.5) is 0 Å². The number of aromatic amines is 2. The Kier molecular flexibility index (Phi) is 4.01. The normalized spacial score (nSPS) is 14.8. The molecule has 1 aromatic heterocycles. The van der Waals surface area contributed by atoms with Crippen molar-refractivity contribution in [2.45, 2.75) is 30.3 Å². The minimum absolute atomic E-state index is 0.00877. The standard InChI is InChI=1S/C18H17N3O4S/c22-17-18(23)20-16-10-14(8-9-15(16)19-17)26(24,25)21(13-6-7-13)11-12-4-2-1-3-5-12/h1-5,8-10,13H,6-7,11H2,(H,19,22)(H,20,23). The van der Waals surface area contributed by atoms with E-state index in [1.54, 1.807) is 0 Å². The fourth-order valence-electron chi connectivity index (χ4n) is 2.93. The second-order valence-electron chi connectivity index (χ2n) is 6.38. The summed E-state index contributed by atoms with van der Waals surface area (Å²) in [6.07, 6.45) is 1.67. The Balaban J connectivity index is 1.76. The summed E-state index contributed by atoms with van der Waals surface area (Å²) in [5, 5.41) is 0. The van der Waals surface area contributed by atoms with Gasteiger partial charge in [-0.2, -0.15) is 4.31 Å². The molecule has 2 N–H and O–H groups in total. The highest BCUT2D eigenvalue weighted by Gasteiger charge is 2.38. The third kappa shape index (κ3) is 3.09. The average Bonchev–Trinajstić information content (AvgIpc) is 3.46. The number of nitrogens with zero attached hydrogens (tertiary/aromatic N) is 1. The Morgan fingerprint density at radius 1 is 0.923 bits per heavy atom. The van der Waals surface area contributed by atoms with Gasteiger partial charge in [-0.15, -0.1) is 0 Å². The van der Waals surface area contributed by atoms with Gasteiger partial charge in [0.1, 0.15) is 0 Å². The molecule has 3 aromatic rings. The van der Waals surface area contributed by atoms with Crippen LogP contribution in [0, 0.1) is 0 Å². The van der Waals surface area contributed by atoms with Crippen molar-refractivity contribution < 1.29 is 8.42 Å². The zero-order valence-corrected chi connectivity index (χ0v) is 14.6. The van der Waals surface area contributed by atoms with Crippen LogP contribution in [0.25, 0.3) is 11.0 Å². The number of hydrogen-bond acceptors (Lipinski definition) is 4. The predicted octanol–water partition coefficient (Wildman–Crippen LogP) is 1.57. The van der Waals surface area contributed by atoms with E-state index in [9.17, 15) is 18.0 Å². The first kappa shape index (κ1) is 16.7. The lowest BCUT2D eigenvalue weighted by molar-refractivity contribution is 0.398. The molecule has 0 radical (unpaired) electrons. The number of benzene rings is 2. The van der Waals surface area contributed by atoms with Crippen LogP contribution in [0.15, 0.2) is 63.0 Å². The van der Waals surface area contributed by atoms with Crippen LogP contribution < -0.4 is 11.1 Å². The number of sulfonamides is 1. The van der Waals surface area contributed by atoms with Crippen molar-refractivity contribution in [1.29, 1.82) is 0 Å². The average molecular weight is 371 g/mol. The molecule has 0 aliphatic heterocycles. The number of fused-ring (bicyclic) bond motifs is 1. The van der Waals surface area contributed by atoms with Crippen molar-refractivity contribution in [3.05, 3.63) is 74.8 Å². The third-order valence-electron chi connectivity index (χ3n) is 4.44. The molecule has 26 heavy (non-hydrogen) atoms. The summed E-state index contributed by atoms with van der Waals surface area (Å²) < 4.78 is 27.9. The summed E-state index contributed by atoms with van der Waals surface area (Å²) in [7, 11) is -3.73. The van der Waals surface area contributed by atoms with Gasteiger partial charge in [0.25, 0.3) is 0 Å². The van der Waals surface area contributed by atoms with Crippen LogP contribution in [0.5, 0.6) is 0 Å². The monoisotopic (exact) mass is 371 g/mol. The number of aromatic nitrogens is 2. The van der Waals surface area contributed by atoms with E-state index >= 15 is 0 Å². The van der Waals surface area contributed by atoms with E-state index in [1.807, 2.05) is 30.3 Å². The highest BCUT2D eigenvalue weighted by Crippen LogP contribution is 2.33. The van der Waals surface area contributed by atoms with Gasteiger partial charge in [0.2, 0.25) is 10.0 Å². The SMILES string of the molecule is O=c1[nH]c2ccc(S(=O)(=O)N(Cc3ccccc3)C3CC3)cc2[nH]c1=O. The maximum Gasteiger partial charge on any atom is 0.314 e. The third-order valence-corrected chi connectivity index (χ3v) is 6.33. The molecule has 134 valence electrons. The second kappa shape index (κ2) is 6.22. The van der Waals surface area contributed by atoms with E-state index in [1.165, 1.54) is 22.5 Å². The Morgan fingerprint density at radius 2 is 1.58 bits per heavy atom. The zero-order chi connectivity index (χ0) is 18.3. The maximum atomic E-state index is 13.2. The molecule has 1 saturated carbocycles. The highest BCUT2D eigenvalue weighted by molar-refractivity contribution is 7.89. The Hall–Kier alpha value is -2.71. The molecule has 0 unspecified atom stereocenters. The lowest BCUT2D eigenvalue weighted by atomic mass is 10.2. The van der Waals surface area contributed by atoms with Gasteiger partial charge in [-0.1, -0.05) is 30.3 Å². The minimum Gasteiger partial charge on any atom is -0.316 e. The van der Waals surface area contributed by atoms with Crippen molar-refractivity contribution in [3.63, 3.8) is 0 Å². The molecule has 8 heteroatoms. The quantitative estimate of drug-likeness (QED) is 0.665. The largest absolute Gasteiger partial charge is 0.316 e. The van der Waals surface area contributed by atoms with Gasteiger partial charge < -0.3 is 9.97 Å². The van der Waals surface area contributed by atoms with Gasteiger partial charge in [-0.05, 0) is 36.6 Å². The van der Waals surface area contributed by atoms with Crippen LogP contribution in [0.3, 0.4) is 0 Å². The molecular formula is C18H17N3O4S. The molecule has 0 atom stereocenters. The van der Waals surface area contributed by atoms with Gasteiger partial charge in [0, 0.05) is 12.6 Å². The molecule has 1 aliphatic carbocycles. The second-order valence-corrected chi connectivity index (χ2v) is 8.27. The van der Waals surface area contributed by atoms with Crippen molar-refractivity contribution in [2.75, 3.05) is 0 Å². The van der Waals surface area contributed by atoms with Crippen molar-refractivity contribution >= 4 is 21.1 Å². The Bertz CT molecular complexity index is 1180. The van der Waals surface area contributed by atoms with Gasteiger partial charge >= 0.3 is 11.1 Å². The number of hydrogen-bond donors (Lipinski definition) is 2. The number of rotatable bonds is 5. The molecule has 1 heterocycles. The topological polar surface area (TPSA) is 103 Å². The molecule has 0 saturated heterocycles. The lowest BCUT2D eigenvalue weighted by Gasteiger charge is -2.22. The Morgan fingerprint density at radius 3 is 2.23 bits per heavy atom. The van der Waals surface area contributed by atoms with Crippen LogP contribution in [0.1, 0.15) is 18.4 Å². The van der Waals surface area contributed by atoms with E-state index in [-0.39, 0.29) is 16.5 Å². The molecule has 2 aromatic carbocycles. The summed E-state index contributed by atoms with van der Waals surface area (Å²) in [6, 6.07) is 13.8. The first-order chi connectivity index (χ1) is 12.4. The van der Waals surface area contributed by atoms with Gasteiger partial charge in [0.15, 0.2) is 0 Å². The van der Waals surface area contributed by atoms with E-state index in [2.05, 4.69) is 9.97 Å². The smallest absolute Gasteiger partial charge is 0.314 e. The first-order valence-electron chi connectivity index (χ1n) is 8.27. The minimum atomic E-state index is -3.73. The fraction of sp³-hybridized carbons (Fsp3) is 0.222. The van der Waals surface area contributed by atoms with Crippen LogP contribution >= 0.6 is 0 Å². The predicted molar refractivity (Wildman–Crippen MR) is 97.4 cm³/mol. The van der Waals surface area contributed by atoms with Gasteiger partial charge in [-0.3, -0.25) is 9.59 Å². The summed E-state index contributed by atoms with van der Waals surface area (Å²) in [5.41, 5.74) is 0.00869. The molecule has 0 bridgehead atoms. The van der Waals surface area contributed by atoms with Crippen molar-refractivity contribution in [1.82, 2.24) is 14.3 Å². The summed E-state index contributed by atoms with van der Waals surface area (Å²) in [4.78, 5) is 27.9. The number of H-pyrrole nitrogens is 2. The van der Waals surface area contributed by atoms with Crippen molar-refractivity contribution in [2.24, 2.45) is 0 Å². The van der Waals surface area contributed by atoms with Crippen LogP contribution in [-0.2, 0) is 16.6 Å².